The topological polar surface area (TPSA) is 66.8 Å². The SMILES string of the molecule is O=C(O)C1(c2ccccc2)CCN(C(=O)C2(c3ccccc3)CCOCC2)CC1. The molecule has 2 aliphatic heterocycles. The molecule has 0 saturated carbocycles. The van der Waals surface area contributed by atoms with Crippen LogP contribution in [-0.2, 0) is 25.2 Å². The van der Waals surface area contributed by atoms with Crippen LogP contribution in [0.25, 0.3) is 0 Å². The van der Waals surface area contributed by atoms with Gasteiger partial charge >= 0.3 is 5.97 Å². The Hall–Kier alpha value is -2.66. The number of nitrogens with zero attached hydrogens (tertiary/aromatic N) is 1. The molecule has 0 unspecified atom stereocenters. The molecule has 0 spiro atoms. The lowest BCUT2D eigenvalue weighted by atomic mass is 9.70. The smallest absolute Gasteiger partial charge is 0.314 e. The average Bonchev–Trinajstić information content (AvgIpc) is 2.80. The van der Waals surface area contributed by atoms with Crippen molar-refractivity contribution in [1.29, 1.82) is 0 Å². The van der Waals surface area contributed by atoms with Crippen molar-refractivity contribution in [2.75, 3.05) is 26.3 Å². The fourth-order valence-electron chi connectivity index (χ4n) is 4.88. The summed E-state index contributed by atoms with van der Waals surface area (Å²) in [6, 6.07) is 19.4. The van der Waals surface area contributed by atoms with E-state index in [1.165, 1.54) is 0 Å². The lowest BCUT2D eigenvalue weighted by Crippen LogP contribution is -2.55. The van der Waals surface area contributed by atoms with Crippen LogP contribution >= 0.6 is 0 Å². The van der Waals surface area contributed by atoms with Gasteiger partial charge in [-0.2, -0.15) is 0 Å². The minimum atomic E-state index is -0.923. The highest BCUT2D eigenvalue weighted by Gasteiger charge is 2.48. The average molecular weight is 393 g/mol. The third-order valence-corrected chi connectivity index (χ3v) is 6.72. The van der Waals surface area contributed by atoms with Gasteiger partial charge in [-0.3, -0.25) is 9.59 Å². The molecule has 0 bridgehead atoms. The first-order chi connectivity index (χ1) is 14.1. The molecule has 5 heteroatoms. The molecule has 2 fully saturated rings. The van der Waals surface area contributed by atoms with Crippen LogP contribution < -0.4 is 0 Å². The third kappa shape index (κ3) is 3.44. The minimum Gasteiger partial charge on any atom is -0.481 e. The fourth-order valence-corrected chi connectivity index (χ4v) is 4.88. The Balaban J connectivity index is 1.58. The summed E-state index contributed by atoms with van der Waals surface area (Å²) in [4.78, 5) is 27.8. The Morgan fingerprint density at radius 2 is 1.24 bits per heavy atom. The maximum Gasteiger partial charge on any atom is 0.314 e. The van der Waals surface area contributed by atoms with Crippen LogP contribution in [0.15, 0.2) is 60.7 Å². The number of hydrogen-bond acceptors (Lipinski definition) is 3. The molecule has 29 heavy (non-hydrogen) atoms. The molecule has 0 aliphatic carbocycles. The van der Waals surface area contributed by atoms with Crippen LogP contribution in [0.4, 0.5) is 0 Å². The molecule has 2 aromatic rings. The molecule has 2 heterocycles. The number of rotatable bonds is 4. The molecule has 152 valence electrons. The molecule has 2 saturated heterocycles. The van der Waals surface area contributed by atoms with Gasteiger partial charge in [0.25, 0.3) is 0 Å². The quantitative estimate of drug-likeness (QED) is 0.865. The maximum absolute atomic E-state index is 13.7. The molecule has 0 radical (unpaired) electrons. The predicted octanol–water partition coefficient (Wildman–Crippen LogP) is 3.38. The zero-order valence-electron chi connectivity index (χ0n) is 16.5. The molecule has 2 aliphatic rings. The number of likely N-dealkylation sites (tertiary alicyclic amines) is 1. The van der Waals surface area contributed by atoms with Gasteiger partial charge in [-0.05, 0) is 36.8 Å². The van der Waals surface area contributed by atoms with E-state index >= 15 is 0 Å². The van der Waals surface area contributed by atoms with Gasteiger partial charge in [0.05, 0.1) is 10.8 Å². The van der Waals surface area contributed by atoms with Gasteiger partial charge in [-0.25, -0.2) is 0 Å². The van der Waals surface area contributed by atoms with Gasteiger partial charge in [-0.1, -0.05) is 60.7 Å². The van der Waals surface area contributed by atoms with E-state index in [9.17, 15) is 14.7 Å². The van der Waals surface area contributed by atoms with Gasteiger partial charge in [-0.15, -0.1) is 0 Å². The second-order valence-electron chi connectivity index (χ2n) is 8.11. The molecule has 4 rings (SSSR count). The minimum absolute atomic E-state index is 0.110. The van der Waals surface area contributed by atoms with Crippen LogP contribution in [-0.4, -0.2) is 48.2 Å². The molecule has 5 nitrogen and oxygen atoms in total. The highest BCUT2D eigenvalue weighted by molar-refractivity contribution is 5.89. The van der Waals surface area contributed by atoms with Crippen LogP contribution in [0.3, 0.4) is 0 Å². The lowest BCUT2D eigenvalue weighted by molar-refractivity contribution is -0.151. The number of aliphatic carboxylic acids is 1. The summed E-state index contributed by atoms with van der Waals surface area (Å²) in [5.41, 5.74) is 0.359. The highest BCUT2D eigenvalue weighted by atomic mass is 16.5. The Morgan fingerprint density at radius 3 is 1.72 bits per heavy atom. The maximum atomic E-state index is 13.7. The Labute approximate surface area is 171 Å². The van der Waals surface area contributed by atoms with Crippen molar-refractivity contribution in [3.8, 4) is 0 Å². The van der Waals surface area contributed by atoms with Crippen molar-refractivity contribution in [2.45, 2.75) is 36.5 Å². The number of carboxylic acid groups (broad SMARTS) is 1. The zero-order chi connectivity index (χ0) is 20.3. The van der Waals surface area contributed by atoms with E-state index in [-0.39, 0.29) is 5.91 Å². The standard InChI is InChI=1S/C24H27NO4/c26-21(23(13-17-29-18-14-23)19-7-3-1-4-8-19)25-15-11-24(12-16-25,22(27)28)20-9-5-2-6-10-20/h1-10H,11-18H2,(H,27,28). The molecule has 0 atom stereocenters. The lowest BCUT2D eigenvalue weighted by Gasteiger charge is -2.44. The zero-order valence-corrected chi connectivity index (χ0v) is 16.5. The number of piperidine rings is 1. The van der Waals surface area contributed by atoms with Crippen molar-refractivity contribution in [1.82, 2.24) is 4.90 Å². The monoisotopic (exact) mass is 393 g/mol. The fraction of sp³-hybridized carbons (Fsp3) is 0.417. The van der Waals surface area contributed by atoms with E-state index in [2.05, 4.69) is 0 Å². The number of ether oxygens (including phenoxy) is 1. The van der Waals surface area contributed by atoms with Crippen LogP contribution in [0.5, 0.6) is 0 Å². The van der Waals surface area contributed by atoms with E-state index in [1.807, 2.05) is 65.6 Å². The van der Waals surface area contributed by atoms with E-state index in [4.69, 9.17) is 4.74 Å². The van der Waals surface area contributed by atoms with Crippen LogP contribution in [0, 0.1) is 0 Å². The summed E-state index contributed by atoms with van der Waals surface area (Å²) in [5, 5.41) is 10.0. The second-order valence-corrected chi connectivity index (χ2v) is 8.11. The second kappa shape index (κ2) is 7.99. The summed E-state index contributed by atoms with van der Waals surface area (Å²) >= 11 is 0. The molecule has 1 amide bonds. The van der Waals surface area contributed by atoms with Crippen molar-refractivity contribution >= 4 is 11.9 Å². The number of amides is 1. The molecular formula is C24H27NO4. The number of carbonyl (C=O) groups excluding carboxylic acids is 1. The van der Waals surface area contributed by atoms with Crippen molar-refractivity contribution in [2.24, 2.45) is 0 Å². The summed E-state index contributed by atoms with van der Waals surface area (Å²) in [6.45, 7) is 2.04. The largest absolute Gasteiger partial charge is 0.481 e. The molecule has 1 N–H and O–H groups in total. The van der Waals surface area contributed by atoms with Gasteiger partial charge in [0.2, 0.25) is 5.91 Å². The summed E-state index contributed by atoms with van der Waals surface area (Å²) in [7, 11) is 0. The summed E-state index contributed by atoms with van der Waals surface area (Å²) < 4.78 is 5.56. The molecule has 2 aromatic carbocycles. The van der Waals surface area contributed by atoms with E-state index in [0.29, 0.717) is 52.0 Å². The van der Waals surface area contributed by atoms with Crippen molar-refractivity contribution in [3.05, 3.63) is 71.8 Å². The number of carbonyl (C=O) groups is 2. The van der Waals surface area contributed by atoms with Crippen LogP contribution in [0.2, 0.25) is 0 Å². The first-order valence-electron chi connectivity index (χ1n) is 10.3. The first-order valence-corrected chi connectivity index (χ1v) is 10.3. The van der Waals surface area contributed by atoms with E-state index in [1.54, 1.807) is 0 Å². The van der Waals surface area contributed by atoms with Gasteiger partial charge < -0.3 is 14.7 Å². The normalized spacial score (nSPS) is 20.8. The van der Waals surface area contributed by atoms with Crippen molar-refractivity contribution < 1.29 is 19.4 Å². The van der Waals surface area contributed by atoms with Gasteiger partial charge in [0, 0.05) is 26.3 Å². The number of hydrogen-bond donors (Lipinski definition) is 1. The molecule has 0 aromatic heterocycles. The van der Waals surface area contributed by atoms with Crippen LogP contribution in [0.1, 0.15) is 36.8 Å². The Bertz CT molecular complexity index is 851. The number of benzene rings is 2. The van der Waals surface area contributed by atoms with Gasteiger partial charge in [0.1, 0.15) is 0 Å². The van der Waals surface area contributed by atoms with E-state index < -0.39 is 16.8 Å². The Morgan fingerprint density at radius 1 is 0.759 bits per heavy atom. The van der Waals surface area contributed by atoms with Gasteiger partial charge in [0.15, 0.2) is 0 Å². The summed E-state index contributed by atoms with van der Waals surface area (Å²) in [5.74, 6) is -0.696. The number of carboxylic acids is 1. The van der Waals surface area contributed by atoms with Crippen molar-refractivity contribution in [3.63, 3.8) is 0 Å². The molecular weight excluding hydrogens is 366 g/mol. The first kappa shape index (κ1) is 19.6. The van der Waals surface area contributed by atoms with E-state index in [0.717, 1.165) is 11.1 Å². The predicted molar refractivity (Wildman–Crippen MR) is 110 cm³/mol. The third-order valence-electron chi connectivity index (χ3n) is 6.72. The summed E-state index contributed by atoms with van der Waals surface area (Å²) in [6.07, 6.45) is 2.18. The Kier molecular flexibility index (Phi) is 5.41. The highest BCUT2D eigenvalue weighted by Crippen LogP contribution is 2.40.